The summed E-state index contributed by atoms with van der Waals surface area (Å²) in [7, 11) is 0. The molecule has 0 saturated carbocycles. The molecule has 0 spiro atoms. The van der Waals surface area contributed by atoms with Gasteiger partial charge in [-0.3, -0.25) is 9.59 Å². The predicted molar refractivity (Wildman–Crippen MR) is 188 cm³/mol. The molecule has 244 valence electrons. The summed E-state index contributed by atoms with van der Waals surface area (Å²) in [5.74, 6) is 0.468. The number of rotatable bonds is 13. The third-order valence-electron chi connectivity index (χ3n) is 7.98. The van der Waals surface area contributed by atoms with Crippen molar-refractivity contribution in [1.29, 1.82) is 0 Å². The van der Waals surface area contributed by atoms with Crippen LogP contribution in [0.1, 0.15) is 83.5 Å². The Morgan fingerprint density at radius 3 is 2.22 bits per heavy atom. The summed E-state index contributed by atoms with van der Waals surface area (Å²) in [6, 6.07) is 17.6. The van der Waals surface area contributed by atoms with Gasteiger partial charge in [0.2, 0.25) is 5.91 Å². The van der Waals surface area contributed by atoms with Crippen LogP contribution in [0.4, 0.5) is 10.5 Å². The largest absolute Gasteiger partial charge is 0.444 e. The number of anilines is 1. The highest BCUT2D eigenvalue weighted by molar-refractivity contribution is 7.98. The number of ether oxygens (including phenoxy) is 1. The van der Waals surface area contributed by atoms with E-state index in [4.69, 9.17) is 4.74 Å². The van der Waals surface area contributed by atoms with Crippen molar-refractivity contribution >= 4 is 46.1 Å². The van der Waals surface area contributed by atoms with Crippen molar-refractivity contribution in [2.45, 2.75) is 98.4 Å². The van der Waals surface area contributed by atoms with Crippen LogP contribution in [-0.4, -0.2) is 52.5 Å². The number of alkyl carbamates (subject to hydrolysis) is 1. The van der Waals surface area contributed by atoms with E-state index in [1.165, 1.54) is 0 Å². The molecule has 3 atom stereocenters. The number of benzene rings is 3. The van der Waals surface area contributed by atoms with E-state index < -0.39 is 23.8 Å². The highest BCUT2D eigenvalue weighted by atomic mass is 32.2. The summed E-state index contributed by atoms with van der Waals surface area (Å²) < 4.78 is 5.55. The Kier molecular flexibility index (Phi) is 12.9. The van der Waals surface area contributed by atoms with Gasteiger partial charge in [-0.15, -0.1) is 0 Å². The van der Waals surface area contributed by atoms with Crippen LogP contribution >= 0.6 is 11.8 Å². The van der Waals surface area contributed by atoms with E-state index in [1.54, 1.807) is 37.4 Å². The lowest BCUT2D eigenvalue weighted by molar-refractivity contribution is -0.143. The van der Waals surface area contributed by atoms with Crippen LogP contribution in [0.15, 0.2) is 60.7 Å². The molecule has 3 aromatic rings. The summed E-state index contributed by atoms with van der Waals surface area (Å²) in [6.07, 6.45) is 3.30. The van der Waals surface area contributed by atoms with Crippen LogP contribution in [-0.2, 0) is 14.3 Å². The number of hydrogen-bond acceptors (Lipinski definition) is 5. The van der Waals surface area contributed by atoms with Gasteiger partial charge in [0.05, 0.1) is 0 Å². The number of nitrogens with zero attached hydrogens (tertiary/aromatic N) is 1. The molecule has 8 heteroatoms. The molecule has 0 bridgehead atoms. The fourth-order valence-electron chi connectivity index (χ4n) is 5.40. The average molecular weight is 634 g/mol. The molecule has 7 nitrogen and oxygen atoms in total. The summed E-state index contributed by atoms with van der Waals surface area (Å²) in [6.45, 7) is 15.7. The first-order valence-electron chi connectivity index (χ1n) is 15.9. The van der Waals surface area contributed by atoms with Gasteiger partial charge >= 0.3 is 6.09 Å². The van der Waals surface area contributed by atoms with Gasteiger partial charge in [-0.25, -0.2) is 4.79 Å². The molecule has 3 amide bonds. The predicted octanol–water partition coefficient (Wildman–Crippen LogP) is 8.44. The van der Waals surface area contributed by atoms with Gasteiger partial charge in [-0.2, -0.15) is 11.8 Å². The maximum absolute atomic E-state index is 14.7. The second-order valence-electron chi connectivity index (χ2n) is 13.3. The summed E-state index contributed by atoms with van der Waals surface area (Å²) in [5.41, 5.74) is 2.68. The molecule has 0 aliphatic heterocycles. The Morgan fingerprint density at radius 1 is 0.889 bits per heavy atom. The smallest absolute Gasteiger partial charge is 0.408 e. The SMILES string of the molecule is CSCCC(NC(=O)OC(C)(C)C)C(=O)N(C(C)CCC(C)C)C(C(=O)Nc1ccc2ccccc2c1)c1cccc(C)c1C. The third kappa shape index (κ3) is 10.2. The number of carbonyl (C=O) groups is 3. The number of aryl methyl sites for hydroxylation is 1. The lowest BCUT2D eigenvalue weighted by Crippen LogP contribution is -2.55. The van der Waals surface area contributed by atoms with Crippen molar-refractivity contribution in [3.63, 3.8) is 0 Å². The first kappa shape index (κ1) is 36.0. The van der Waals surface area contributed by atoms with Gasteiger partial charge in [0.1, 0.15) is 17.7 Å². The molecule has 45 heavy (non-hydrogen) atoms. The molecule has 3 aromatic carbocycles. The molecule has 3 unspecified atom stereocenters. The molecular formula is C37H51N3O4S. The van der Waals surface area contributed by atoms with Crippen LogP contribution in [0.2, 0.25) is 0 Å². The third-order valence-corrected chi connectivity index (χ3v) is 8.62. The maximum Gasteiger partial charge on any atom is 0.408 e. The quantitative estimate of drug-likeness (QED) is 0.197. The normalized spacial score (nSPS) is 13.6. The van der Waals surface area contributed by atoms with Gasteiger partial charge in [-0.1, -0.05) is 62.4 Å². The number of amides is 3. The van der Waals surface area contributed by atoms with Crippen molar-refractivity contribution in [3.05, 3.63) is 77.4 Å². The average Bonchev–Trinajstić information content (AvgIpc) is 2.97. The number of hydrogen-bond donors (Lipinski definition) is 2. The Bertz CT molecular complexity index is 1470. The monoisotopic (exact) mass is 633 g/mol. The van der Waals surface area contributed by atoms with Crippen LogP contribution in [0, 0.1) is 19.8 Å². The number of nitrogens with one attached hydrogen (secondary N) is 2. The van der Waals surface area contributed by atoms with Crippen molar-refractivity contribution in [3.8, 4) is 0 Å². The highest BCUT2D eigenvalue weighted by Gasteiger charge is 2.39. The Hall–Kier alpha value is -3.52. The Labute approximate surface area is 273 Å². The van der Waals surface area contributed by atoms with Crippen LogP contribution in [0.5, 0.6) is 0 Å². The fourth-order valence-corrected chi connectivity index (χ4v) is 5.87. The van der Waals surface area contributed by atoms with E-state index in [0.717, 1.165) is 33.9 Å². The molecule has 2 N–H and O–H groups in total. The molecule has 0 saturated heterocycles. The van der Waals surface area contributed by atoms with E-state index in [1.807, 2.05) is 87.7 Å². The first-order valence-corrected chi connectivity index (χ1v) is 17.3. The van der Waals surface area contributed by atoms with Gasteiger partial charge in [0, 0.05) is 11.7 Å². The van der Waals surface area contributed by atoms with Crippen LogP contribution < -0.4 is 10.6 Å². The lowest BCUT2D eigenvalue weighted by Gasteiger charge is -2.39. The van der Waals surface area contributed by atoms with Gasteiger partial charge in [0.15, 0.2) is 0 Å². The van der Waals surface area contributed by atoms with Gasteiger partial charge < -0.3 is 20.3 Å². The summed E-state index contributed by atoms with van der Waals surface area (Å²) >= 11 is 1.60. The van der Waals surface area contributed by atoms with Gasteiger partial charge in [0.25, 0.3) is 5.91 Å². The summed E-state index contributed by atoms with van der Waals surface area (Å²) in [5, 5.41) is 8.08. The van der Waals surface area contributed by atoms with Crippen molar-refractivity contribution in [2.24, 2.45) is 5.92 Å². The number of thioether (sulfide) groups is 1. The highest BCUT2D eigenvalue weighted by Crippen LogP contribution is 2.32. The van der Waals surface area contributed by atoms with E-state index >= 15 is 0 Å². The van der Waals surface area contributed by atoms with E-state index in [9.17, 15) is 14.4 Å². The minimum Gasteiger partial charge on any atom is -0.444 e. The molecule has 0 aliphatic carbocycles. The second kappa shape index (κ2) is 16.2. The zero-order valence-electron chi connectivity index (χ0n) is 28.4. The molecule has 0 fully saturated rings. The first-order chi connectivity index (χ1) is 21.2. The van der Waals surface area contributed by atoms with E-state index in [2.05, 4.69) is 24.5 Å². The maximum atomic E-state index is 14.7. The standard InChI is InChI=1S/C37H51N3O4S/c1-24(2)17-18-26(4)40(35(42)32(21-22-45-9)39-36(43)44-37(6,7)8)33(31-16-12-13-25(3)27(31)5)34(41)38-30-20-19-28-14-10-11-15-29(28)23-30/h10-16,19-20,23-24,26,32-33H,17-18,21-22H2,1-9H3,(H,38,41)(H,39,43). The van der Waals surface area contributed by atoms with Gasteiger partial charge in [-0.05, 0) is 118 Å². The molecule has 0 radical (unpaired) electrons. The Morgan fingerprint density at radius 2 is 1.58 bits per heavy atom. The molecule has 0 aromatic heterocycles. The van der Waals surface area contributed by atoms with E-state index in [-0.39, 0.29) is 17.9 Å². The molecule has 3 rings (SSSR count). The van der Waals surface area contributed by atoms with Crippen molar-refractivity contribution in [1.82, 2.24) is 10.2 Å². The second-order valence-corrected chi connectivity index (χ2v) is 14.3. The van der Waals surface area contributed by atoms with Crippen LogP contribution in [0.25, 0.3) is 10.8 Å². The van der Waals surface area contributed by atoms with E-state index in [0.29, 0.717) is 30.2 Å². The molecule has 0 aliphatic rings. The minimum atomic E-state index is -0.928. The fraction of sp³-hybridized carbons (Fsp3) is 0.486. The topological polar surface area (TPSA) is 87.7 Å². The number of fused-ring (bicyclic) bond motifs is 1. The Balaban J connectivity index is 2.13. The van der Waals surface area contributed by atoms with Crippen LogP contribution in [0.3, 0.4) is 0 Å². The zero-order chi connectivity index (χ0) is 33.3. The minimum absolute atomic E-state index is 0.288. The summed E-state index contributed by atoms with van der Waals surface area (Å²) in [4.78, 5) is 44.0. The number of carbonyl (C=O) groups excluding carboxylic acids is 3. The molecule has 0 heterocycles. The zero-order valence-corrected chi connectivity index (χ0v) is 29.2. The lowest BCUT2D eigenvalue weighted by atomic mass is 9.92. The van der Waals surface area contributed by atoms with Crippen molar-refractivity contribution in [2.75, 3.05) is 17.3 Å². The van der Waals surface area contributed by atoms with Crippen molar-refractivity contribution < 1.29 is 19.1 Å². The molecular weight excluding hydrogens is 582 g/mol.